The van der Waals surface area contributed by atoms with Gasteiger partial charge in [0.15, 0.2) is 0 Å². The predicted octanol–water partition coefficient (Wildman–Crippen LogP) is 20.5. The van der Waals surface area contributed by atoms with E-state index in [9.17, 15) is 0 Å². The van der Waals surface area contributed by atoms with Crippen LogP contribution in [0.1, 0.15) is 178 Å². The number of hydrogen-bond acceptors (Lipinski definition) is 5. The lowest BCUT2D eigenvalue weighted by molar-refractivity contribution is 0.409. The number of rotatable bonds is 32. The summed E-state index contributed by atoms with van der Waals surface area (Å²) in [5, 5.41) is 10.3. The van der Waals surface area contributed by atoms with Crippen molar-refractivity contribution in [3.63, 3.8) is 0 Å². The fourth-order valence-electron chi connectivity index (χ4n) is 8.74. The van der Waals surface area contributed by atoms with E-state index in [2.05, 4.69) is 153 Å². The number of anilines is 6. The van der Waals surface area contributed by atoms with Crippen LogP contribution in [-0.4, -0.2) is 14.2 Å². The molecular weight excluding hydrogens is 867 g/mol. The smallest absolute Gasteiger partial charge is 0.124 e. The maximum Gasteiger partial charge on any atom is 0.124 e. The molecule has 0 saturated carbocycles. The molecule has 0 fully saturated rings. The quantitative estimate of drug-likeness (QED) is 0.0368. The van der Waals surface area contributed by atoms with Crippen molar-refractivity contribution >= 4 is 34.1 Å². The van der Waals surface area contributed by atoms with E-state index in [-0.39, 0.29) is 0 Å². The molecule has 384 valence electrons. The van der Waals surface area contributed by atoms with Crippen LogP contribution in [0, 0.1) is 6.92 Å². The Kier molecular flexibility index (Phi) is 30.3. The summed E-state index contributed by atoms with van der Waals surface area (Å²) in [6, 6.07) is 50.9. The van der Waals surface area contributed by atoms with Gasteiger partial charge in [-0.3, -0.25) is 0 Å². The molecule has 5 nitrogen and oxygen atoms in total. The first kappa shape index (κ1) is 57.9. The summed E-state index contributed by atoms with van der Waals surface area (Å²) in [5.41, 5.74) is 12.1. The second-order valence-electron chi connectivity index (χ2n) is 19.4. The van der Waals surface area contributed by atoms with Gasteiger partial charge in [-0.2, -0.15) is 0 Å². The van der Waals surface area contributed by atoms with Gasteiger partial charge < -0.3 is 25.4 Å². The van der Waals surface area contributed by atoms with Crippen LogP contribution >= 0.6 is 0 Å². The number of methoxy groups -OCH3 is 2. The first-order chi connectivity index (χ1) is 34.9. The third-order valence-corrected chi connectivity index (χ3v) is 13.1. The van der Waals surface area contributed by atoms with Gasteiger partial charge in [0.2, 0.25) is 0 Å². The SMILES string of the molecule is CCCCCCCCCc1ccc(Nc2ccc(C)cc2)cc1.CCCCCCCCCc1ccc(Nc2cccc(OC)c2)cc1.CCCCCCCCCc1ccc(Nc2ccccc2)cc1OC. The first-order valence-corrected chi connectivity index (χ1v) is 27.8. The third-order valence-electron chi connectivity index (χ3n) is 13.1. The van der Waals surface area contributed by atoms with Gasteiger partial charge in [0, 0.05) is 46.3 Å². The van der Waals surface area contributed by atoms with Crippen molar-refractivity contribution in [2.45, 2.75) is 182 Å². The minimum Gasteiger partial charge on any atom is -0.497 e. The highest BCUT2D eigenvalue weighted by Crippen LogP contribution is 2.28. The van der Waals surface area contributed by atoms with Crippen LogP contribution in [0.15, 0.2) is 146 Å². The molecule has 0 aliphatic rings. The second kappa shape index (κ2) is 37.1. The van der Waals surface area contributed by atoms with E-state index in [4.69, 9.17) is 9.47 Å². The summed E-state index contributed by atoms with van der Waals surface area (Å²) in [7, 11) is 3.45. The van der Waals surface area contributed by atoms with Gasteiger partial charge in [-0.1, -0.05) is 209 Å². The van der Waals surface area contributed by atoms with Gasteiger partial charge in [0.25, 0.3) is 0 Å². The highest BCUT2D eigenvalue weighted by Gasteiger charge is 2.06. The maximum atomic E-state index is 5.59. The Morgan fingerprint density at radius 3 is 1.17 bits per heavy atom. The Morgan fingerprint density at radius 2 is 0.704 bits per heavy atom. The first-order valence-electron chi connectivity index (χ1n) is 27.8. The van der Waals surface area contributed by atoms with Crippen molar-refractivity contribution in [3.05, 3.63) is 168 Å². The lowest BCUT2D eigenvalue weighted by Crippen LogP contribution is -1.96. The van der Waals surface area contributed by atoms with Gasteiger partial charge in [-0.15, -0.1) is 0 Å². The lowest BCUT2D eigenvalue weighted by atomic mass is 10.0. The Hall–Kier alpha value is -5.68. The van der Waals surface area contributed by atoms with Crippen LogP contribution < -0.4 is 25.4 Å². The standard InChI is InChI=1S/2C22H31NO.C22H31N/c1-3-4-5-6-7-8-10-13-19-16-17-21(18-22(19)24-2)23-20-14-11-9-12-15-20;1-3-4-5-6-7-8-9-11-19-14-16-20(17-15-19)23-21-12-10-13-22(18-21)24-2;1-3-4-5-6-7-8-9-10-20-13-17-22(18-14-20)23-21-15-11-19(2)12-16-21/h9,11-12,14-18,23H,3-8,10,13H2,1-2H3;10,12-18,23H,3-9,11H2,1-2H3;11-18,23H,3-10H2,1-2H3. The van der Waals surface area contributed by atoms with Crippen molar-refractivity contribution in [2.75, 3.05) is 30.2 Å². The zero-order valence-electron chi connectivity index (χ0n) is 45.1. The number of aryl methyl sites for hydroxylation is 4. The number of para-hydroxylation sites is 1. The van der Waals surface area contributed by atoms with Crippen LogP contribution in [0.5, 0.6) is 11.5 Å². The number of nitrogens with one attached hydrogen (secondary N) is 3. The van der Waals surface area contributed by atoms with Crippen LogP contribution in [0.2, 0.25) is 0 Å². The number of benzene rings is 6. The molecule has 0 aliphatic carbocycles. The van der Waals surface area contributed by atoms with Crippen molar-refractivity contribution in [1.29, 1.82) is 0 Å². The molecule has 5 heteroatoms. The zero-order valence-corrected chi connectivity index (χ0v) is 45.1. The molecule has 0 amide bonds. The van der Waals surface area contributed by atoms with E-state index in [0.29, 0.717) is 0 Å². The summed E-state index contributed by atoms with van der Waals surface area (Å²) >= 11 is 0. The van der Waals surface area contributed by atoms with Gasteiger partial charge in [0.1, 0.15) is 11.5 Å². The van der Waals surface area contributed by atoms with E-state index in [1.807, 2.05) is 36.4 Å². The average Bonchev–Trinajstić information content (AvgIpc) is 3.40. The normalized spacial score (nSPS) is 10.6. The van der Waals surface area contributed by atoms with Crippen molar-refractivity contribution < 1.29 is 9.47 Å². The molecular formula is C66H93N3O2. The molecule has 6 rings (SSSR count). The largest absolute Gasteiger partial charge is 0.497 e. The molecule has 0 spiro atoms. The molecule has 0 atom stereocenters. The highest BCUT2D eigenvalue weighted by molar-refractivity contribution is 5.63. The van der Waals surface area contributed by atoms with Crippen LogP contribution in [-0.2, 0) is 19.3 Å². The summed E-state index contributed by atoms with van der Waals surface area (Å²) in [4.78, 5) is 0. The fourth-order valence-corrected chi connectivity index (χ4v) is 8.74. The molecule has 6 aromatic carbocycles. The lowest BCUT2D eigenvalue weighted by Gasteiger charge is -2.12. The highest BCUT2D eigenvalue weighted by atomic mass is 16.5. The van der Waals surface area contributed by atoms with E-state index >= 15 is 0 Å². The molecule has 0 aliphatic heterocycles. The second-order valence-corrected chi connectivity index (χ2v) is 19.4. The molecule has 0 unspecified atom stereocenters. The topological polar surface area (TPSA) is 54.5 Å². The maximum absolute atomic E-state index is 5.59. The number of ether oxygens (including phenoxy) is 2. The fraction of sp³-hybridized carbons (Fsp3) is 0.455. The molecule has 0 bridgehead atoms. The number of hydrogen-bond donors (Lipinski definition) is 3. The minimum atomic E-state index is 0.871. The molecule has 0 heterocycles. The van der Waals surface area contributed by atoms with Crippen molar-refractivity contribution in [2.24, 2.45) is 0 Å². The predicted molar refractivity (Wildman–Crippen MR) is 311 cm³/mol. The number of unbranched alkanes of at least 4 members (excludes halogenated alkanes) is 18. The molecule has 0 saturated heterocycles. The molecule has 3 N–H and O–H groups in total. The third kappa shape index (κ3) is 25.8. The van der Waals surface area contributed by atoms with E-state index < -0.39 is 0 Å². The summed E-state index contributed by atoms with van der Waals surface area (Å²) in [6.07, 6.45) is 32.1. The monoisotopic (exact) mass is 960 g/mol. The van der Waals surface area contributed by atoms with Gasteiger partial charge >= 0.3 is 0 Å². The van der Waals surface area contributed by atoms with E-state index in [0.717, 1.165) is 52.0 Å². The minimum absolute atomic E-state index is 0.871. The van der Waals surface area contributed by atoms with Crippen molar-refractivity contribution in [1.82, 2.24) is 0 Å². The molecule has 6 aromatic rings. The zero-order chi connectivity index (χ0) is 50.4. The van der Waals surface area contributed by atoms with Crippen LogP contribution in [0.25, 0.3) is 0 Å². The van der Waals surface area contributed by atoms with Gasteiger partial charge in [-0.25, -0.2) is 0 Å². The Morgan fingerprint density at radius 1 is 0.324 bits per heavy atom. The Labute approximate surface area is 433 Å². The summed E-state index contributed by atoms with van der Waals surface area (Å²) < 4.78 is 10.9. The molecule has 71 heavy (non-hydrogen) atoms. The van der Waals surface area contributed by atoms with Crippen LogP contribution in [0.4, 0.5) is 34.1 Å². The van der Waals surface area contributed by atoms with Gasteiger partial charge in [-0.05, 0) is 129 Å². The summed E-state index contributed by atoms with van der Waals surface area (Å²) in [6.45, 7) is 8.93. The van der Waals surface area contributed by atoms with E-state index in [1.54, 1.807) is 14.2 Å². The van der Waals surface area contributed by atoms with E-state index in [1.165, 1.54) is 170 Å². The molecule has 0 aromatic heterocycles. The van der Waals surface area contributed by atoms with Crippen LogP contribution in [0.3, 0.4) is 0 Å². The Bertz CT molecular complexity index is 2200. The average molecular weight is 960 g/mol. The summed E-state index contributed by atoms with van der Waals surface area (Å²) in [5.74, 6) is 1.86. The van der Waals surface area contributed by atoms with Gasteiger partial charge in [0.05, 0.1) is 14.2 Å². The molecule has 0 radical (unpaired) electrons. The Balaban J connectivity index is 0.000000231. The van der Waals surface area contributed by atoms with Crippen molar-refractivity contribution in [3.8, 4) is 11.5 Å².